The lowest BCUT2D eigenvalue weighted by molar-refractivity contribution is 0.0366. The Morgan fingerprint density at radius 2 is 1.85 bits per heavy atom. The molecule has 2 fully saturated rings. The van der Waals surface area contributed by atoms with Gasteiger partial charge in [0.25, 0.3) is 0 Å². The van der Waals surface area contributed by atoms with Crippen molar-refractivity contribution in [1.29, 1.82) is 0 Å². The van der Waals surface area contributed by atoms with Crippen LogP contribution in [0, 0.1) is 11.8 Å². The van der Waals surface area contributed by atoms with Gasteiger partial charge >= 0.3 is 0 Å². The molecule has 2 aliphatic heterocycles. The number of hydrogen-bond donors (Lipinski definition) is 1. The van der Waals surface area contributed by atoms with Crippen LogP contribution in [-0.4, -0.2) is 25.3 Å². The normalized spacial score (nSPS) is 35.1. The van der Waals surface area contributed by atoms with E-state index in [0.29, 0.717) is 5.54 Å². The first-order chi connectivity index (χ1) is 6.20. The van der Waals surface area contributed by atoms with Gasteiger partial charge in [0, 0.05) is 18.8 Å². The van der Waals surface area contributed by atoms with Gasteiger partial charge in [-0.3, -0.25) is 0 Å². The fourth-order valence-electron chi connectivity index (χ4n) is 2.98. The maximum Gasteiger partial charge on any atom is 0.0468 e. The topological polar surface area (TPSA) is 21.3 Å². The van der Waals surface area contributed by atoms with Gasteiger partial charge in [-0.1, -0.05) is 0 Å². The van der Waals surface area contributed by atoms with Crippen LogP contribution in [0.15, 0.2) is 0 Å². The highest BCUT2D eigenvalue weighted by Gasteiger charge is 2.39. The Balaban J connectivity index is 1.98. The van der Waals surface area contributed by atoms with Crippen molar-refractivity contribution >= 4 is 0 Å². The Hall–Kier alpha value is -0.0800. The summed E-state index contributed by atoms with van der Waals surface area (Å²) in [5.74, 6) is 1.77. The highest BCUT2D eigenvalue weighted by atomic mass is 16.5. The SMILES string of the molecule is CC1(C)NCCC1C1CCOCC1. The van der Waals surface area contributed by atoms with Gasteiger partial charge < -0.3 is 10.1 Å². The van der Waals surface area contributed by atoms with Gasteiger partial charge in [-0.2, -0.15) is 0 Å². The summed E-state index contributed by atoms with van der Waals surface area (Å²) in [5, 5.41) is 3.60. The van der Waals surface area contributed by atoms with E-state index in [1.165, 1.54) is 25.8 Å². The summed E-state index contributed by atoms with van der Waals surface area (Å²) in [6, 6.07) is 0. The first kappa shape index (κ1) is 9.47. The lowest BCUT2D eigenvalue weighted by atomic mass is 9.75. The van der Waals surface area contributed by atoms with E-state index in [1.54, 1.807) is 0 Å². The highest BCUT2D eigenvalue weighted by Crippen LogP contribution is 2.37. The molecule has 2 rings (SSSR count). The Morgan fingerprint density at radius 1 is 1.15 bits per heavy atom. The van der Waals surface area contributed by atoms with Crippen LogP contribution in [0.3, 0.4) is 0 Å². The summed E-state index contributed by atoms with van der Waals surface area (Å²) in [6.45, 7) is 7.86. The maximum absolute atomic E-state index is 5.41. The van der Waals surface area contributed by atoms with E-state index in [2.05, 4.69) is 19.2 Å². The molecule has 76 valence electrons. The average Bonchev–Trinajstić information content (AvgIpc) is 2.47. The van der Waals surface area contributed by atoms with Gasteiger partial charge in [0.05, 0.1) is 0 Å². The molecule has 0 aromatic carbocycles. The van der Waals surface area contributed by atoms with E-state index in [-0.39, 0.29) is 0 Å². The molecule has 0 aromatic rings. The zero-order valence-electron chi connectivity index (χ0n) is 8.81. The molecule has 0 aromatic heterocycles. The molecule has 0 aliphatic carbocycles. The van der Waals surface area contributed by atoms with Gasteiger partial charge in [0.1, 0.15) is 0 Å². The Labute approximate surface area is 81.0 Å². The minimum absolute atomic E-state index is 0.363. The molecule has 13 heavy (non-hydrogen) atoms. The first-order valence-electron chi connectivity index (χ1n) is 5.53. The molecule has 2 heteroatoms. The molecule has 1 atom stereocenters. The lowest BCUT2D eigenvalue weighted by Gasteiger charge is -2.36. The molecular formula is C11H21NO. The number of hydrogen-bond acceptors (Lipinski definition) is 2. The molecule has 0 saturated carbocycles. The van der Waals surface area contributed by atoms with E-state index >= 15 is 0 Å². The van der Waals surface area contributed by atoms with E-state index < -0.39 is 0 Å². The summed E-state index contributed by atoms with van der Waals surface area (Å²) >= 11 is 0. The maximum atomic E-state index is 5.41. The van der Waals surface area contributed by atoms with Crippen molar-refractivity contribution in [3.8, 4) is 0 Å². The molecule has 2 saturated heterocycles. The molecule has 2 heterocycles. The Morgan fingerprint density at radius 3 is 2.38 bits per heavy atom. The van der Waals surface area contributed by atoms with E-state index in [1.807, 2.05) is 0 Å². The molecule has 0 bridgehead atoms. The quantitative estimate of drug-likeness (QED) is 0.669. The molecule has 2 aliphatic rings. The third-order valence-corrected chi connectivity index (χ3v) is 3.80. The first-order valence-corrected chi connectivity index (χ1v) is 5.53. The fourth-order valence-corrected chi connectivity index (χ4v) is 2.98. The standard InChI is InChI=1S/C11H21NO/c1-11(2)10(3-6-12-11)9-4-7-13-8-5-9/h9-10,12H,3-8H2,1-2H3. The largest absolute Gasteiger partial charge is 0.381 e. The van der Waals surface area contributed by atoms with E-state index in [9.17, 15) is 0 Å². The van der Waals surface area contributed by atoms with E-state index in [0.717, 1.165) is 25.0 Å². The van der Waals surface area contributed by atoms with Gasteiger partial charge in [-0.25, -0.2) is 0 Å². The van der Waals surface area contributed by atoms with Crippen molar-refractivity contribution in [3.63, 3.8) is 0 Å². The second-order valence-corrected chi connectivity index (χ2v) is 4.99. The van der Waals surface area contributed by atoms with Gasteiger partial charge in [-0.15, -0.1) is 0 Å². The smallest absolute Gasteiger partial charge is 0.0468 e. The van der Waals surface area contributed by atoms with Crippen molar-refractivity contribution in [1.82, 2.24) is 5.32 Å². The molecule has 2 nitrogen and oxygen atoms in total. The minimum Gasteiger partial charge on any atom is -0.381 e. The van der Waals surface area contributed by atoms with Crippen molar-refractivity contribution in [2.24, 2.45) is 11.8 Å². The van der Waals surface area contributed by atoms with Crippen LogP contribution in [0.1, 0.15) is 33.1 Å². The van der Waals surface area contributed by atoms with Crippen LogP contribution in [0.25, 0.3) is 0 Å². The van der Waals surface area contributed by atoms with Crippen molar-refractivity contribution in [2.45, 2.75) is 38.6 Å². The van der Waals surface area contributed by atoms with Crippen LogP contribution < -0.4 is 5.32 Å². The predicted octanol–water partition coefficient (Wildman–Crippen LogP) is 1.80. The van der Waals surface area contributed by atoms with Crippen LogP contribution in [-0.2, 0) is 4.74 Å². The zero-order chi connectivity index (χ0) is 9.31. The van der Waals surface area contributed by atoms with Crippen LogP contribution in [0.5, 0.6) is 0 Å². The van der Waals surface area contributed by atoms with Crippen LogP contribution in [0.2, 0.25) is 0 Å². The number of rotatable bonds is 1. The summed E-state index contributed by atoms with van der Waals surface area (Å²) in [7, 11) is 0. The predicted molar refractivity (Wildman–Crippen MR) is 53.7 cm³/mol. The second kappa shape index (κ2) is 3.58. The molecular weight excluding hydrogens is 162 g/mol. The third kappa shape index (κ3) is 1.89. The summed E-state index contributed by atoms with van der Waals surface area (Å²) in [6.07, 6.45) is 3.91. The summed E-state index contributed by atoms with van der Waals surface area (Å²) in [4.78, 5) is 0. The second-order valence-electron chi connectivity index (χ2n) is 4.99. The van der Waals surface area contributed by atoms with E-state index in [4.69, 9.17) is 4.74 Å². The molecule has 0 spiro atoms. The Kier molecular flexibility index (Phi) is 2.61. The highest BCUT2D eigenvalue weighted by molar-refractivity contribution is 4.95. The molecule has 1 N–H and O–H groups in total. The third-order valence-electron chi connectivity index (χ3n) is 3.80. The van der Waals surface area contributed by atoms with Gasteiger partial charge in [-0.05, 0) is 51.5 Å². The van der Waals surface area contributed by atoms with Gasteiger partial charge in [0.15, 0.2) is 0 Å². The van der Waals surface area contributed by atoms with Crippen LogP contribution in [0.4, 0.5) is 0 Å². The molecule has 1 unspecified atom stereocenters. The Bertz CT molecular complexity index is 173. The number of ether oxygens (including phenoxy) is 1. The average molecular weight is 183 g/mol. The minimum atomic E-state index is 0.363. The van der Waals surface area contributed by atoms with Gasteiger partial charge in [0.2, 0.25) is 0 Å². The lowest BCUT2D eigenvalue weighted by Crippen LogP contribution is -2.42. The molecule has 0 amide bonds. The number of nitrogens with one attached hydrogen (secondary N) is 1. The van der Waals surface area contributed by atoms with Crippen molar-refractivity contribution in [2.75, 3.05) is 19.8 Å². The zero-order valence-corrected chi connectivity index (χ0v) is 8.81. The van der Waals surface area contributed by atoms with Crippen molar-refractivity contribution < 1.29 is 4.74 Å². The molecule has 0 radical (unpaired) electrons. The van der Waals surface area contributed by atoms with Crippen LogP contribution >= 0.6 is 0 Å². The monoisotopic (exact) mass is 183 g/mol. The summed E-state index contributed by atoms with van der Waals surface area (Å²) < 4.78 is 5.41. The fraction of sp³-hybridized carbons (Fsp3) is 1.00. The van der Waals surface area contributed by atoms with Crippen molar-refractivity contribution in [3.05, 3.63) is 0 Å². The summed E-state index contributed by atoms with van der Waals surface area (Å²) in [5.41, 5.74) is 0.363.